The van der Waals surface area contributed by atoms with E-state index >= 15 is 0 Å². The maximum atomic E-state index is 12.8. The van der Waals surface area contributed by atoms with Crippen LogP contribution in [0.25, 0.3) is 20.4 Å². The Kier molecular flexibility index (Phi) is 5.75. The van der Waals surface area contributed by atoms with Crippen molar-refractivity contribution >= 4 is 60.8 Å². The van der Waals surface area contributed by atoms with Gasteiger partial charge in [0.2, 0.25) is 5.76 Å². The number of furan rings is 1. The van der Waals surface area contributed by atoms with Crippen molar-refractivity contribution in [2.75, 3.05) is 5.32 Å². The van der Waals surface area contributed by atoms with Gasteiger partial charge >= 0.3 is 12.1 Å². The van der Waals surface area contributed by atoms with Crippen LogP contribution in [-0.2, 0) is 14.9 Å². The van der Waals surface area contributed by atoms with Gasteiger partial charge in [-0.25, -0.2) is 4.79 Å². The van der Waals surface area contributed by atoms with Gasteiger partial charge in [-0.3, -0.25) is 10.1 Å². The van der Waals surface area contributed by atoms with Crippen LogP contribution >= 0.6 is 22.7 Å². The minimum Gasteiger partial charge on any atom is -0.481 e. The van der Waals surface area contributed by atoms with Gasteiger partial charge < -0.3 is 14.3 Å². The van der Waals surface area contributed by atoms with Gasteiger partial charge in [-0.15, -0.1) is 22.7 Å². The highest BCUT2D eigenvalue weighted by Gasteiger charge is 2.53. The summed E-state index contributed by atoms with van der Waals surface area (Å²) in [5, 5.41) is 13.1. The van der Waals surface area contributed by atoms with E-state index in [9.17, 15) is 14.7 Å². The molecule has 1 saturated carbocycles. The molecule has 0 spiro atoms. The second-order valence-corrected chi connectivity index (χ2v) is 11.1. The Labute approximate surface area is 220 Å². The molecule has 0 saturated heterocycles. The van der Waals surface area contributed by atoms with E-state index in [0.29, 0.717) is 29.9 Å². The first-order valence-electron chi connectivity index (χ1n) is 11.8. The number of aliphatic carboxylic acids is 1. The third kappa shape index (κ3) is 4.37. The van der Waals surface area contributed by atoms with Crippen molar-refractivity contribution < 1.29 is 23.8 Å². The van der Waals surface area contributed by atoms with Crippen LogP contribution in [0.2, 0.25) is 0 Å². The number of hydrogen-bond acceptors (Lipinski definition) is 6. The van der Waals surface area contributed by atoms with Crippen molar-refractivity contribution in [3.8, 4) is 11.8 Å². The molecular weight excluding hydrogens is 506 g/mol. The Hall–Kier alpha value is -4.06. The molecule has 37 heavy (non-hydrogen) atoms. The molecule has 3 heterocycles. The number of carboxylic acids is 1. The van der Waals surface area contributed by atoms with Crippen LogP contribution in [0.15, 0.2) is 71.1 Å². The zero-order valence-corrected chi connectivity index (χ0v) is 21.4. The second kappa shape index (κ2) is 9.11. The molecule has 184 valence electrons. The maximum Gasteiger partial charge on any atom is 0.412 e. The molecule has 5 aromatic rings. The van der Waals surface area contributed by atoms with E-state index in [2.05, 4.69) is 17.2 Å². The maximum absolute atomic E-state index is 12.8. The molecule has 1 amide bonds. The summed E-state index contributed by atoms with van der Waals surface area (Å²) >= 11 is 3.04. The van der Waals surface area contributed by atoms with Gasteiger partial charge in [-0.05, 0) is 61.4 Å². The molecule has 1 atom stereocenters. The van der Waals surface area contributed by atoms with Gasteiger partial charge in [0.1, 0.15) is 22.8 Å². The van der Waals surface area contributed by atoms with Crippen molar-refractivity contribution in [2.45, 2.75) is 31.3 Å². The summed E-state index contributed by atoms with van der Waals surface area (Å²) < 4.78 is 13.6. The van der Waals surface area contributed by atoms with Crippen LogP contribution in [0.3, 0.4) is 0 Å². The average Bonchev–Trinajstić information content (AvgIpc) is 3.33. The Balaban J connectivity index is 1.26. The Morgan fingerprint density at radius 2 is 1.76 bits per heavy atom. The van der Waals surface area contributed by atoms with E-state index < -0.39 is 23.6 Å². The third-order valence-corrected chi connectivity index (χ3v) is 8.93. The van der Waals surface area contributed by atoms with E-state index in [1.807, 2.05) is 73.7 Å². The lowest BCUT2D eigenvalue weighted by molar-refractivity contribution is -0.139. The standard InChI is InChI=1S/C29H21NO5S2/c1-17(18-7-3-2-4-8-18)34-28(33)30-26-20-9-5-6-10-21(20)35-22(26)12-11-19-15-23-24(36-19)16-25(37-23)29(13-14-29)27(31)32/h2-10,15-17H,13-14H2,1H3,(H,30,33)(H,31,32)/t17-/m1/s1. The van der Waals surface area contributed by atoms with Gasteiger partial charge in [0.15, 0.2) is 0 Å². The minimum atomic E-state index is -0.747. The summed E-state index contributed by atoms with van der Waals surface area (Å²) in [6.45, 7) is 1.82. The van der Waals surface area contributed by atoms with E-state index in [4.69, 9.17) is 9.15 Å². The van der Waals surface area contributed by atoms with Crippen molar-refractivity contribution in [3.63, 3.8) is 0 Å². The Bertz CT molecular complexity index is 1680. The number of anilines is 1. The van der Waals surface area contributed by atoms with Gasteiger partial charge in [0, 0.05) is 19.7 Å². The van der Waals surface area contributed by atoms with Crippen LogP contribution in [0.5, 0.6) is 0 Å². The first-order valence-corrected chi connectivity index (χ1v) is 13.4. The average molecular weight is 528 g/mol. The number of fused-ring (bicyclic) bond motifs is 2. The van der Waals surface area contributed by atoms with E-state index in [1.165, 1.54) is 22.7 Å². The molecule has 2 N–H and O–H groups in total. The number of carboxylic acid groups (broad SMARTS) is 1. The monoisotopic (exact) mass is 527 g/mol. The molecule has 8 heteroatoms. The van der Waals surface area contributed by atoms with E-state index in [1.54, 1.807) is 0 Å². The highest BCUT2D eigenvalue weighted by atomic mass is 32.1. The second-order valence-electron chi connectivity index (χ2n) is 8.97. The largest absolute Gasteiger partial charge is 0.481 e. The summed E-state index contributed by atoms with van der Waals surface area (Å²) in [6, 6.07) is 20.9. The van der Waals surface area contributed by atoms with Crippen LogP contribution < -0.4 is 5.32 Å². The normalized spacial score (nSPS) is 14.6. The number of carbonyl (C=O) groups excluding carboxylic acids is 1. The number of hydrogen-bond donors (Lipinski definition) is 2. The Morgan fingerprint density at radius 1 is 1.03 bits per heavy atom. The van der Waals surface area contributed by atoms with Gasteiger partial charge in [0.05, 0.1) is 4.88 Å². The van der Waals surface area contributed by atoms with E-state index in [-0.39, 0.29) is 0 Å². The lowest BCUT2D eigenvalue weighted by atomic mass is 10.1. The summed E-state index contributed by atoms with van der Waals surface area (Å²) in [4.78, 5) is 26.2. The fourth-order valence-corrected chi connectivity index (χ4v) is 6.77. The number of nitrogens with one attached hydrogen (secondary N) is 1. The van der Waals surface area contributed by atoms with Crippen molar-refractivity contribution in [1.29, 1.82) is 0 Å². The first-order chi connectivity index (χ1) is 17.9. The first kappa shape index (κ1) is 23.3. The molecule has 1 aliphatic carbocycles. The van der Waals surface area contributed by atoms with Gasteiger partial charge in [0.25, 0.3) is 0 Å². The lowest BCUT2D eigenvalue weighted by Gasteiger charge is -2.14. The third-order valence-electron chi connectivity index (χ3n) is 6.51. The van der Waals surface area contributed by atoms with E-state index in [0.717, 1.165) is 30.1 Å². The van der Waals surface area contributed by atoms with Crippen LogP contribution in [0.1, 0.15) is 46.9 Å². The van der Waals surface area contributed by atoms with Crippen molar-refractivity contribution in [2.24, 2.45) is 0 Å². The molecule has 0 unspecified atom stereocenters. The molecule has 6 nitrogen and oxygen atoms in total. The van der Waals surface area contributed by atoms with Gasteiger partial charge in [-0.2, -0.15) is 0 Å². The summed E-state index contributed by atoms with van der Waals surface area (Å²) in [5.74, 6) is 5.81. The SMILES string of the molecule is C[C@@H](OC(=O)Nc1c(C#Cc2cc3sc(C4(C(=O)O)CC4)cc3s2)oc2ccccc12)c1ccccc1. The minimum absolute atomic E-state index is 0.339. The summed E-state index contributed by atoms with van der Waals surface area (Å²) in [7, 11) is 0. The van der Waals surface area contributed by atoms with Crippen molar-refractivity contribution in [3.05, 3.63) is 87.8 Å². The molecular formula is C29H21NO5S2. The summed E-state index contributed by atoms with van der Waals surface area (Å²) in [5.41, 5.74) is 1.27. The quantitative estimate of drug-likeness (QED) is 0.231. The van der Waals surface area contributed by atoms with Crippen LogP contribution in [0.4, 0.5) is 10.5 Å². The van der Waals surface area contributed by atoms with Crippen LogP contribution in [0, 0.1) is 11.8 Å². The van der Waals surface area contributed by atoms with Crippen molar-refractivity contribution in [1.82, 2.24) is 0 Å². The molecule has 0 bridgehead atoms. The number of rotatable bonds is 5. The Morgan fingerprint density at radius 3 is 2.49 bits per heavy atom. The zero-order chi connectivity index (χ0) is 25.6. The number of thiophene rings is 2. The molecule has 0 radical (unpaired) electrons. The fraction of sp³-hybridized carbons (Fsp3) is 0.172. The zero-order valence-electron chi connectivity index (χ0n) is 19.7. The van der Waals surface area contributed by atoms with Crippen LogP contribution in [-0.4, -0.2) is 17.2 Å². The lowest BCUT2D eigenvalue weighted by Crippen LogP contribution is -2.17. The fourth-order valence-electron chi connectivity index (χ4n) is 4.28. The molecule has 3 aromatic heterocycles. The number of benzene rings is 2. The number of ether oxygens (including phenoxy) is 1. The van der Waals surface area contributed by atoms with Gasteiger partial charge in [-0.1, -0.05) is 42.5 Å². The number of para-hydroxylation sites is 1. The summed E-state index contributed by atoms with van der Waals surface area (Å²) in [6.07, 6.45) is 0.366. The molecule has 0 aliphatic heterocycles. The molecule has 2 aromatic carbocycles. The smallest absolute Gasteiger partial charge is 0.412 e. The molecule has 1 fully saturated rings. The molecule has 1 aliphatic rings. The predicted octanol–water partition coefficient (Wildman–Crippen LogP) is 7.53. The highest BCUT2D eigenvalue weighted by Crippen LogP contribution is 2.52. The highest BCUT2D eigenvalue weighted by molar-refractivity contribution is 7.28. The predicted molar refractivity (Wildman–Crippen MR) is 145 cm³/mol. The number of amides is 1. The molecule has 6 rings (SSSR count). The topological polar surface area (TPSA) is 88.8 Å². The number of carbonyl (C=O) groups is 2.